The van der Waals surface area contributed by atoms with Gasteiger partial charge >= 0.3 is 0 Å². The van der Waals surface area contributed by atoms with E-state index in [0.717, 1.165) is 13.1 Å². The summed E-state index contributed by atoms with van der Waals surface area (Å²) >= 11 is 0. The molecule has 0 unspecified atom stereocenters. The molecule has 5 nitrogen and oxygen atoms in total. The lowest BCUT2D eigenvalue weighted by Gasteiger charge is -2.20. The standard InChI is InChI=1S/C22H23NO4/c1-14-20(15-7-3-4-8-19(15)26-2)21(25)16-9-10-18(24)17(22(16)27-14)13-23-11-5-6-12-23/h3-4,7-10,24H,5-6,11-13H2,1-2H3. The van der Waals surface area contributed by atoms with Crippen molar-refractivity contribution in [3.63, 3.8) is 0 Å². The number of hydrogen-bond acceptors (Lipinski definition) is 4. The van der Waals surface area contributed by atoms with E-state index in [2.05, 4.69) is 0 Å². The molecule has 0 aliphatic carbocycles. The summed E-state index contributed by atoms with van der Waals surface area (Å²) in [6.07, 6.45) is 2.35. The molecule has 5 heteroatoms. The summed E-state index contributed by atoms with van der Waals surface area (Å²) in [5.41, 5.74) is 2.10. The molecule has 0 atom stereocenters. The number of para-hydroxylation sites is 1. The number of benzene rings is 2. The van der Waals surface area contributed by atoms with Crippen molar-refractivity contribution in [2.24, 2.45) is 0 Å². The minimum Gasteiger partial charge on any atom is -0.872 e. The molecule has 0 radical (unpaired) electrons. The number of methoxy groups -OCH3 is 1. The van der Waals surface area contributed by atoms with Crippen LogP contribution in [0, 0.1) is 6.92 Å². The molecule has 2 heterocycles. The largest absolute Gasteiger partial charge is 0.872 e. The number of hydrogen-bond donors (Lipinski definition) is 1. The molecule has 27 heavy (non-hydrogen) atoms. The second kappa shape index (κ2) is 7.08. The van der Waals surface area contributed by atoms with Gasteiger partial charge in [-0.25, -0.2) is 0 Å². The SMILES string of the molecule is COc1ccccc1-c1c(C)oc2c(C[NH+]3CCCC3)c([O-])ccc2c1=O. The molecular formula is C22H23NO4. The fourth-order valence-electron chi connectivity index (χ4n) is 4.04. The third kappa shape index (κ3) is 3.08. The lowest BCUT2D eigenvalue weighted by atomic mass is 10.00. The first kappa shape index (κ1) is 17.6. The molecular weight excluding hydrogens is 342 g/mol. The molecule has 1 aliphatic heterocycles. The topological polar surface area (TPSA) is 66.9 Å². The number of rotatable bonds is 4. The van der Waals surface area contributed by atoms with Crippen molar-refractivity contribution in [3.8, 4) is 22.6 Å². The van der Waals surface area contributed by atoms with E-state index in [9.17, 15) is 9.90 Å². The average Bonchev–Trinajstić information content (AvgIpc) is 3.18. The average molecular weight is 365 g/mol. The highest BCUT2D eigenvalue weighted by Gasteiger charge is 2.22. The van der Waals surface area contributed by atoms with E-state index in [4.69, 9.17) is 9.15 Å². The van der Waals surface area contributed by atoms with Gasteiger partial charge < -0.3 is 19.2 Å². The van der Waals surface area contributed by atoms with E-state index in [1.165, 1.54) is 23.8 Å². The number of nitrogens with one attached hydrogen (secondary N) is 1. The van der Waals surface area contributed by atoms with Crippen molar-refractivity contribution in [1.29, 1.82) is 0 Å². The molecule has 0 saturated carbocycles. The predicted molar refractivity (Wildman–Crippen MR) is 102 cm³/mol. The van der Waals surface area contributed by atoms with E-state index >= 15 is 0 Å². The van der Waals surface area contributed by atoms with E-state index in [0.29, 0.717) is 45.7 Å². The minimum absolute atomic E-state index is 0.0607. The van der Waals surface area contributed by atoms with Gasteiger partial charge in [-0.05, 0) is 19.1 Å². The number of quaternary nitrogens is 1. The van der Waals surface area contributed by atoms with Gasteiger partial charge in [0.2, 0.25) is 5.43 Å². The van der Waals surface area contributed by atoms with Crippen molar-refractivity contribution in [3.05, 3.63) is 57.9 Å². The Morgan fingerprint density at radius 2 is 1.89 bits per heavy atom. The van der Waals surface area contributed by atoms with Gasteiger partial charge in [0.05, 0.1) is 31.1 Å². The van der Waals surface area contributed by atoms with Crippen LogP contribution in [0.2, 0.25) is 0 Å². The lowest BCUT2D eigenvalue weighted by Crippen LogP contribution is -3.08. The number of likely N-dealkylation sites (tertiary alicyclic amines) is 1. The maximum absolute atomic E-state index is 13.3. The third-order valence-electron chi connectivity index (χ3n) is 5.41. The van der Waals surface area contributed by atoms with Gasteiger partial charge in [-0.15, -0.1) is 0 Å². The summed E-state index contributed by atoms with van der Waals surface area (Å²) in [6.45, 7) is 4.48. The molecule has 4 rings (SSSR count). The Kier molecular flexibility index (Phi) is 4.62. The highest BCUT2D eigenvalue weighted by atomic mass is 16.5. The highest BCUT2D eigenvalue weighted by Crippen LogP contribution is 2.33. The predicted octanol–water partition coefficient (Wildman–Crippen LogP) is 2.03. The monoisotopic (exact) mass is 365 g/mol. The zero-order valence-electron chi connectivity index (χ0n) is 15.6. The van der Waals surface area contributed by atoms with Crippen LogP contribution in [-0.2, 0) is 6.54 Å². The molecule has 0 bridgehead atoms. The smallest absolute Gasteiger partial charge is 0.200 e. The molecule has 0 amide bonds. The van der Waals surface area contributed by atoms with Crippen LogP contribution in [0.15, 0.2) is 45.6 Å². The molecule has 140 valence electrons. The van der Waals surface area contributed by atoms with Gasteiger partial charge in [0.1, 0.15) is 23.6 Å². The van der Waals surface area contributed by atoms with Crippen LogP contribution in [0.4, 0.5) is 0 Å². The number of aryl methyl sites for hydroxylation is 1. The fraction of sp³-hybridized carbons (Fsp3) is 0.318. The van der Waals surface area contributed by atoms with Crippen LogP contribution in [0.1, 0.15) is 24.2 Å². The zero-order chi connectivity index (χ0) is 19.0. The van der Waals surface area contributed by atoms with Gasteiger partial charge in [0.15, 0.2) is 0 Å². The first-order valence-corrected chi connectivity index (χ1v) is 9.33. The zero-order valence-corrected chi connectivity index (χ0v) is 15.6. The second-order valence-corrected chi connectivity index (χ2v) is 7.12. The Bertz CT molecular complexity index is 1050. The maximum Gasteiger partial charge on any atom is 0.200 e. The van der Waals surface area contributed by atoms with Crippen molar-refractivity contribution in [2.75, 3.05) is 20.2 Å². The van der Waals surface area contributed by atoms with Crippen LogP contribution in [-0.4, -0.2) is 20.2 Å². The van der Waals surface area contributed by atoms with E-state index < -0.39 is 0 Å². The first-order valence-electron chi connectivity index (χ1n) is 9.33. The van der Waals surface area contributed by atoms with Crippen molar-refractivity contribution < 1.29 is 19.2 Å². The van der Waals surface area contributed by atoms with Crippen molar-refractivity contribution in [2.45, 2.75) is 26.3 Å². The molecule has 1 saturated heterocycles. The van der Waals surface area contributed by atoms with Crippen LogP contribution in [0.5, 0.6) is 11.5 Å². The van der Waals surface area contributed by atoms with Crippen molar-refractivity contribution >= 4 is 11.0 Å². The van der Waals surface area contributed by atoms with Crippen LogP contribution in [0.25, 0.3) is 22.1 Å². The van der Waals surface area contributed by atoms with Crippen molar-refractivity contribution in [1.82, 2.24) is 0 Å². The molecule has 1 aliphatic rings. The Morgan fingerprint density at radius 1 is 1.15 bits per heavy atom. The summed E-state index contributed by atoms with van der Waals surface area (Å²) in [5, 5.41) is 13.0. The van der Waals surface area contributed by atoms with E-state index in [1.807, 2.05) is 24.3 Å². The Morgan fingerprint density at radius 3 is 2.63 bits per heavy atom. The van der Waals surface area contributed by atoms with Crippen LogP contribution >= 0.6 is 0 Å². The Hall–Kier alpha value is -2.79. The summed E-state index contributed by atoms with van der Waals surface area (Å²) in [4.78, 5) is 14.7. The molecule has 1 aromatic heterocycles. The van der Waals surface area contributed by atoms with E-state index in [-0.39, 0.29) is 11.2 Å². The summed E-state index contributed by atoms with van der Waals surface area (Å²) < 4.78 is 11.5. The maximum atomic E-state index is 13.3. The molecule has 2 aromatic carbocycles. The summed E-state index contributed by atoms with van der Waals surface area (Å²) in [6, 6.07) is 10.5. The lowest BCUT2D eigenvalue weighted by molar-refractivity contribution is -0.901. The van der Waals surface area contributed by atoms with E-state index in [1.54, 1.807) is 20.1 Å². The Balaban J connectivity index is 1.92. The van der Waals surface area contributed by atoms with Gasteiger partial charge in [0.25, 0.3) is 0 Å². The molecule has 0 spiro atoms. The van der Waals surface area contributed by atoms with Gasteiger partial charge in [-0.3, -0.25) is 4.79 Å². The van der Waals surface area contributed by atoms with Gasteiger partial charge in [-0.1, -0.05) is 30.0 Å². The molecule has 1 fully saturated rings. The molecule has 3 aromatic rings. The number of ether oxygens (including phenoxy) is 1. The Labute approximate surface area is 157 Å². The summed E-state index contributed by atoms with van der Waals surface area (Å²) in [7, 11) is 1.58. The quantitative estimate of drug-likeness (QED) is 0.768. The second-order valence-electron chi connectivity index (χ2n) is 7.12. The van der Waals surface area contributed by atoms with Crippen LogP contribution in [0.3, 0.4) is 0 Å². The fourth-order valence-corrected chi connectivity index (χ4v) is 4.04. The normalized spacial score (nSPS) is 14.7. The van der Waals surface area contributed by atoms with Gasteiger partial charge in [-0.2, -0.15) is 0 Å². The molecule has 1 N–H and O–H groups in total. The summed E-state index contributed by atoms with van der Waals surface area (Å²) in [5.74, 6) is 1.06. The first-order chi connectivity index (χ1) is 13.1. The van der Waals surface area contributed by atoms with Crippen LogP contribution < -0.4 is 20.2 Å². The van der Waals surface area contributed by atoms with Gasteiger partial charge in [0, 0.05) is 24.0 Å². The third-order valence-corrected chi connectivity index (χ3v) is 5.41. The highest BCUT2D eigenvalue weighted by molar-refractivity contribution is 5.87. The minimum atomic E-state index is -0.129. The number of fused-ring (bicyclic) bond motifs is 1.